The van der Waals surface area contributed by atoms with Gasteiger partial charge in [0.2, 0.25) is 0 Å². The van der Waals surface area contributed by atoms with E-state index in [0.717, 1.165) is 25.9 Å². The Morgan fingerprint density at radius 3 is 2.03 bits per heavy atom. The Labute approximate surface area is 194 Å². The smallest absolute Gasteiger partial charge is 0.261 e. The third-order valence-corrected chi connectivity index (χ3v) is 11.4. The van der Waals surface area contributed by atoms with Crippen LogP contribution in [-0.2, 0) is 9.16 Å². The fourth-order valence-electron chi connectivity index (χ4n) is 4.77. The van der Waals surface area contributed by atoms with Crippen molar-refractivity contribution in [3.8, 4) is 6.07 Å². The lowest BCUT2D eigenvalue weighted by atomic mass is 10.0. The average molecular weight is 452 g/mol. The Morgan fingerprint density at radius 1 is 1.03 bits per heavy atom. The maximum absolute atomic E-state index is 9.70. The molecule has 2 aromatic carbocycles. The lowest BCUT2D eigenvalue weighted by Crippen LogP contribution is -2.66. The van der Waals surface area contributed by atoms with Crippen LogP contribution in [0, 0.1) is 11.3 Å². The van der Waals surface area contributed by atoms with Gasteiger partial charge in [-0.3, -0.25) is 4.90 Å². The van der Waals surface area contributed by atoms with Crippen LogP contribution >= 0.6 is 0 Å². The minimum atomic E-state index is -2.52. The van der Waals surface area contributed by atoms with Crippen molar-refractivity contribution in [3.05, 3.63) is 60.7 Å². The van der Waals surface area contributed by atoms with Gasteiger partial charge in [0.1, 0.15) is 6.04 Å². The third-order valence-electron chi connectivity index (χ3n) is 6.39. The molecule has 172 valence electrons. The number of hydrogen-bond acceptors (Lipinski definition) is 5. The maximum atomic E-state index is 9.70. The molecular weight excluding hydrogens is 414 g/mol. The van der Waals surface area contributed by atoms with E-state index in [-0.39, 0.29) is 17.1 Å². The molecule has 0 unspecified atom stereocenters. The Balaban J connectivity index is 1.74. The van der Waals surface area contributed by atoms with Crippen LogP contribution in [-0.4, -0.2) is 58.2 Å². The Hall–Kier alpha value is -2.01. The zero-order valence-corrected chi connectivity index (χ0v) is 20.7. The van der Waals surface area contributed by atoms with Crippen molar-refractivity contribution in [2.75, 3.05) is 32.9 Å². The van der Waals surface area contributed by atoms with Crippen LogP contribution in [0.5, 0.6) is 0 Å². The number of nitrogens with two attached hydrogens (primary N) is 1. The molecule has 1 saturated heterocycles. The molecule has 0 aliphatic carbocycles. The fourth-order valence-corrected chi connectivity index (χ4v) is 9.37. The second-order valence-corrected chi connectivity index (χ2v) is 13.8. The van der Waals surface area contributed by atoms with Crippen molar-refractivity contribution in [2.45, 2.75) is 50.7 Å². The lowest BCUT2D eigenvalue weighted by molar-refractivity contribution is 0.0218. The van der Waals surface area contributed by atoms with E-state index < -0.39 is 8.32 Å². The summed E-state index contributed by atoms with van der Waals surface area (Å²) in [6.45, 7) is 10.4. The molecule has 2 aromatic rings. The Kier molecular flexibility index (Phi) is 8.63. The molecule has 2 N–H and O–H groups in total. The van der Waals surface area contributed by atoms with Gasteiger partial charge in [-0.15, -0.1) is 0 Å². The van der Waals surface area contributed by atoms with Crippen molar-refractivity contribution in [1.82, 2.24) is 4.90 Å². The first-order valence-electron chi connectivity index (χ1n) is 11.6. The summed E-state index contributed by atoms with van der Waals surface area (Å²) in [5, 5.41) is 12.2. The predicted molar refractivity (Wildman–Crippen MR) is 133 cm³/mol. The summed E-state index contributed by atoms with van der Waals surface area (Å²) in [6, 6.07) is 23.3. The first-order valence-corrected chi connectivity index (χ1v) is 13.5. The quantitative estimate of drug-likeness (QED) is 0.469. The fraction of sp³-hybridized carbons (Fsp3) is 0.500. The number of benzene rings is 2. The molecule has 32 heavy (non-hydrogen) atoms. The van der Waals surface area contributed by atoms with E-state index in [1.807, 2.05) is 0 Å². The molecule has 1 aliphatic heterocycles. The third kappa shape index (κ3) is 5.48. The van der Waals surface area contributed by atoms with Crippen molar-refractivity contribution in [2.24, 2.45) is 5.73 Å². The molecule has 1 fully saturated rings. The van der Waals surface area contributed by atoms with Gasteiger partial charge in [-0.25, -0.2) is 0 Å². The highest BCUT2D eigenvalue weighted by atomic mass is 28.4. The van der Waals surface area contributed by atoms with E-state index in [2.05, 4.69) is 92.4 Å². The minimum absolute atomic E-state index is 0.0409. The van der Waals surface area contributed by atoms with Crippen molar-refractivity contribution < 1.29 is 9.16 Å². The standard InChI is InChI=1S/C26H37N3O2Si/c1-26(2,3)32(22-11-6-4-7-12-22,23-13-8-5-9-14-23)31-18-10-15-24(28)25(21-27)29-16-19-30-20-17-29/h4-9,11-14,24-25H,10,15-20,28H2,1-3H3/t24-,25-/m0/s1. The highest BCUT2D eigenvalue weighted by Gasteiger charge is 2.50. The molecule has 0 radical (unpaired) electrons. The van der Waals surface area contributed by atoms with Gasteiger partial charge in [0.15, 0.2) is 0 Å². The molecule has 0 aromatic heterocycles. The summed E-state index contributed by atoms with van der Waals surface area (Å²) < 4.78 is 12.4. The number of morpholine rings is 1. The van der Waals surface area contributed by atoms with Crippen LogP contribution in [0.3, 0.4) is 0 Å². The molecular formula is C26H37N3O2Si. The van der Waals surface area contributed by atoms with E-state index in [9.17, 15) is 5.26 Å². The summed E-state index contributed by atoms with van der Waals surface area (Å²) in [4.78, 5) is 2.15. The van der Waals surface area contributed by atoms with E-state index in [1.54, 1.807) is 0 Å². The van der Waals surface area contributed by atoms with Gasteiger partial charge in [0.25, 0.3) is 8.32 Å². The number of nitrogens with zero attached hydrogens (tertiary/aromatic N) is 2. The Bertz CT molecular complexity index is 819. The predicted octanol–water partition coefficient (Wildman–Crippen LogP) is 2.89. The number of ether oxygens (including phenoxy) is 1. The van der Waals surface area contributed by atoms with Crippen LogP contribution in [0.4, 0.5) is 0 Å². The van der Waals surface area contributed by atoms with Crippen LogP contribution in [0.1, 0.15) is 33.6 Å². The lowest BCUT2D eigenvalue weighted by Gasteiger charge is -2.43. The van der Waals surface area contributed by atoms with Crippen LogP contribution in [0.25, 0.3) is 0 Å². The van der Waals surface area contributed by atoms with Gasteiger partial charge in [-0.2, -0.15) is 5.26 Å². The van der Waals surface area contributed by atoms with E-state index in [0.29, 0.717) is 19.8 Å². The summed E-state index contributed by atoms with van der Waals surface area (Å²) >= 11 is 0. The monoisotopic (exact) mass is 451 g/mol. The average Bonchev–Trinajstić information content (AvgIpc) is 2.81. The zero-order chi connectivity index (χ0) is 23.0. The summed E-state index contributed by atoms with van der Waals surface area (Å²) in [7, 11) is -2.52. The van der Waals surface area contributed by atoms with Crippen LogP contribution in [0.2, 0.25) is 5.04 Å². The maximum Gasteiger partial charge on any atom is 0.261 e. The van der Waals surface area contributed by atoms with Gasteiger partial charge in [-0.05, 0) is 28.3 Å². The zero-order valence-electron chi connectivity index (χ0n) is 19.7. The highest BCUT2D eigenvalue weighted by Crippen LogP contribution is 2.36. The molecule has 0 spiro atoms. The van der Waals surface area contributed by atoms with E-state index >= 15 is 0 Å². The molecule has 0 amide bonds. The molecule has 0 bridgehead atoms. The van der Waals surface area contributed by atoms with Gasteiger partial charge < -0.3 is 14.9 Å². The largest absolute Gasteiger partial charge is 0.407 e. The normalized spacial score (nSPS) is 17.5. The molecule has 1 heterocycles. The number of nitriles is 1. The minimum Gasteiger partial charge on any atom is -0.407 e. The number of hydrogen-bond donors (Lipinski definition) is 1. The van der Waals surface area contributed by atoms with E-state index in [1.165, 1.54) is 10.4 Å². The molecule has 3 rings (SSSR count). The summed E-state index contributed by atoms with van der Waals surface area (Å²) in [5.74, 6) is 0. The second-order valence-electron chi connectivity index (χ2n) is 9.54. The SMILES string of the molecule is CC(C)(C)[Si](OCCC[C@H](N)[C@H](C#N)N1CCOCC1)(c1ccccc1)c1ccccc1. The molecule has 0 saturated carbocycles. The second kappa shape index (κ2) is 11.2. The summed E-state index contributed by atoms with van der Waals surface area (Å²) in [6.07, 6.45) is 1.59. The Morgan fingerprint density at radius 2 is 1.56 bits per heavy atom. The van der Waals surface area contributed by atoms with Gasteiger partial charge in [-0.1, -0.05) is 81.4 Å². The molecule has 1 aliphatic rings. The first kappa shape index (κ1) is 24.6. The topological polar surface area (TPSA) is 71.5 Å². The number of rotatable bonds is 9. The van der Waals surface area contributed by atoms with Crippen molar-refractivity contribution >= 4 is 18.7 Å². The summed E-state index contributed by atoms with van der Waals surface area (Å²) in [5.41, 5.74) is 6.47. The molecule has 5 nitrogen and oxygen atoms in total. The van der Waals surface area contributed by atoms with E-state index in [4.69, 9.17) is 14.9 Å². The van der Waals surface area contributed by atoms with Crippen molar-refractivity contribution in [1.29, 1.82) is 5.26 Å². The van der Waals surface area contributed by atoms with Gasteiger partial charge in [0.05, 0.1) is 19.3 Å². The van der Waals surface area contributed by atoms with Gasteiger partial charge in [0, 0.05) is 25.7 Å². The molecule has 6 heteroatoms. The van der Waals surface area contributed by atoms with Crippen molar-refractivity contribution in [3.63, 3.8) is 0 Å². The van der Waals surface area contributed by atoms with Crippen LogP contribution in [0.15, 0.2) is 60.7 Å². The highest BCUT2D eigenvalue weighted by molar-refractivity contribution is 6.99. The van der Waals surface area contributed by atoms with Gasteiger partial charge >= 0.3 is 0 Å². The van der Waals surface area contributed by atoms with Crippen LogP contribution < -0.4 is 16.1 Å². The molecule has 2 atom stereocenters. The first-order chi connectivity index (χ1) is 15.4.